The number of carbonyl (C=O) groups is 2. The van der Waals surface area contributed by atoms with Gasteiger partial charge in [-0.1, -0.05) is 36.0 Å². The third kappa shape index (κ3) is 3.88. The minimum atomic E-state index is -0.346. The number of anilines is 2. The van der Waals surface area contributed by atoms with Gasteiger partial charge in [0.2, 0.25) is 11.8 Å². The average Bonchev–Trinajstić information content (AvgIpc) is 3.54. The van der Waals surface area contributed by atoms with Gasteiger partial charge >= 0.3 is 0 Å². The number of fused-ring (bicyclic) bond motifs is 1. The van der Waals surface area contributed by atoms with E-state index < -0.39 is 0 Å². The van der Waals surface area contributed by atoms with Gasteiger partial charge in [0, 0.05) is 18.5 Å². The zero-order chi connectivity index (χ0) is 22.2. The number of carbonyl (C=O) groups excluding carboxylic acids is 2. The van der Waals surface area contributed by atoms with Crippen LogP contribution in [0.5, 0.6) is 0 Å². The van der Waals surface area contributed by atoms with Crippen molar-refractivity contribution in [3.05, 3.63) is 54.3 Å². The molecule has 164 valence electrons. The van der Waals surface area contributed by atoms with Crippen LogP contribution in [0.4, 0.5) is 15.8 Å². The van der Waals surface area contributed by atoms with Crippen molar-refractivity contribution in [2.24, 2.45) is 0 Å². The van der Waals surface area contributed by atoms with Crippen LogP contribution in [-0.4, -0.2) is 38.4 Å². The summed E-state index contributed by atoms with van der Waals surface area (Å²) in [7, 11) is 0. The first-order valence-corrected chi connectivity index (χ1v) is 11.5. The van der Waals surface area contributed by atoms with Crippen LogP contribution in [0.3, 0.4) is 0 Å². The molecule has 1 atom stereocenters. The minimum Gasteiger partial charge on any atom is -0.324 e. The highest BCUT2D eigenvalue weighted by Crippen LogP contribution is 2.41. The molecule has 2 amide bonds. The molecule has 0 radical (unpaired) electrons. The predicted molar refractivity (Wildman–Crippen MR) is 121 cm³/mol. The van der Waals surface area contributed by atoms with Gasteiger partial charge in [-0.2, -0.15) is 0 Å². The Labute approximate surface area is 189 Å². The number of nitrogens with one attached hydrogen (secondary N) is 1. The van der Waals surface area contributed by atoms with Crippen LogP contribution < -0.4 is 10.2 Å². The van der Waals surface area contributed by atoms with Gasteiger partial charge in [-0.25, -0.2) is 4.39 Å². The van der Waals surface area contributed by atoms with Crippen molar-refractivity contribution < 1.29 is 14.0 Å². The first-order valence-electron chi connectivity index (χ1n) is 10.6. The Bertz CT molecular complexity index is 1190. The van der Waals surface area contributed by atoms with Gasteiger partial charge in [-0.3, -0.25) is 14.2 Å². The van der Waals surface area contributed by atoms with Crippen LogP contribution in [0.15, 0.2) is 53.7 Å². The number of para-hydroxylation sites is 2. The van der Waals surface area contributed by atoms with Gasteiger partial charge in [-0.05, 0) is 44.0 Å². The van der Waals surface area contributed by atoms with E-state index in [1.165, 1.54) is 17.8 Å². The van der Waals surface area contributed by atoms with Crippen LogP contribution in [0.1, 0.15) is 32.2 Å². The van der Waals surface area contributed by atoms with E-state index in [0.29, 0.717) is 27.9 Å². The summed E-state index contributed by atoms with van der Waals surface area (Å²) in [6, 6.07) is 13.8. The van der Waals surface area contributed by atoms with Crippen molar-refractivity contribution in [3.8, 4) is 11.4 Å². The highest BCUT2D eigenvalue weighted by Gasteiger charge is 2.33. The molecule has 0 spiro atoms. The van der Waals surface area contributed by atoms with Gasteiger partial charge in [0.15, 0.2) is 11.0 Å². The van der Waals surface area contributed by atoms with Crippen LogP contribution in [-0.2, 0) is 9.59 Å². The van der Waals surface area contributed by atoms with Crippen molar-refractivity contribution in [1.29, 1.82) is 0 Å². The Balaban J connectivity index is 1.40. The van der Waals surface area contributed by atoms with Crippen molar-refractivity contribution >= 4 is 35.0 Å². The molecule has 1 aliphatic heterocycles. The largest absolute Gasteiger partial charge is 0.324 e. The van der Waals surface area contributed by atoms with Gasteiger partial charge in [0.25, 0.3) is 0 Å². The molecule has 1 aromatic heterocycles. The lowest BCUT2D eigenvalue weighted by Gasteiger charge is -2.27. The number of aromatic nitrogens is 3. The maximum atomic E-state index is 14.4. The number of halogens is 1. The lowest BCUT2D eigenvalue weighted by molar-refractivity contribution is -0.117. The van der Waals surface area contributed by atoms with Crippen LogP contribution in [0.25, 0.3) is 11.4 Å². The smallest absolute Gasteiger partial charge is 0.237 e. The van der Waals surface area contributed by atoms with E-state index in [1.807, 2.05) is 29.7 Å². The molecule has 1 fully saturated rings. The van der Waals surface area contributed by atoms with Gasteiger partial charge in [0.1, 0.15) is 5.82 Å². The number of nitrogens with zero attached hydrogens (tertiary/aromatic N) is 4. The molecule has 5 rings (SSSR count). The van der Waals surface area contributed by atoms with E-state index in [9.17, 15) is 14.0 Å². The summed E-state index contributed by atoms with van der Waals surface area (Å²) in [6.45, 7) is 1.87. The summed E-state index contributed by atoms with van der Waals surface area (Å²) in [4.78, 5) is 27.1. The van der Waals surface area contributed by atoms with E-state index in [1.54, 1.807) is 29.2 Å². The molecule has 7 nitrogen and oxygen atoms in total. The molecule has 0 unspecified atom stereocenters. The SMILES string of the molecule is C[C@@H]1CC(=O)Nc2ccccc2N1C(=O)CSc1nnc(-c2ccccc2F)n1C1CC1. The van der Waals surface area contributed by atoms with E-state index in [2.05, 4.69) is 15.5 Å². The summed E-state index contributed by atoms with van der Waals surface area (Å²) in [6.07, 6.45) is 2.18. The van der Waals surface area contributed by atoms with Crippen LogP contribution in [0, 0.1) is 5.82 Å². The second-order valence-corrected chi connectivity index (χ2v) is 9.00. The number of hydrogen-bond acceptors (Lipinski definition) is 5. The molecule has 1 N–H and O–H groups in total. The maximum absolute atomic E-state index is 14.4. The number of amides is 2. The molecule has 2 aromatic carbocycles. The number of rotatable bonds is 5. The molecule has 1 aliphatic carbocycles. The maximum Gasteiger partial charge on any atom is 0.237 e. The third-order valence-corrected chi connectivity index (χ3v) is 6.57. The second-order valence-electron chi connectivity index (χ2n) is 8.06. The minimum absolute atomic E-state index is 0.115. The van der Waals surface area contributed by atoms with Crippen molar-refractivity contribution in [3.63, 3.8) is 0 Å². The molecule has 2 heterocycles. The number of hydrogen-bond donors (Lipinski definition) is 1. The Hall–Kier alpha value is -3.20. The second kappa shape index (κ2) is 8.38. The third-order valence-electron chi connectivity index (χ3n) is 5.64. The molecule has 0 bridgehead atoms. The molecule has 0 saturated heterocycles. The van der Waals surface area contributed by atoms with Crippen LogP contribution in [0.2, 0.25) is 0 Å². The summed E-state index contributed by atoms with van der Waals surface area (Å²) in [5, 5.41) is 12.0. The van der Waals surface area contributed by atoms with E-state index in [4.69, 9.17) is 0 Å². The first-order chi connectivity index (χ1) is 15.5. The molecular formula is C23H22FN5O2S. The lowest BCUT2D eigenvalue weighted by Crippen LogP contribution is -2.40. The lowest BCUT2D eigenvalue weighted by atomic mass is 10.2. The summed E-state index contributed by atoms with van der Waals surface area (Å²) >= 11 is 1.29. The van der Waals surface area contributed by atoms with E-state index in [-0.39, 0.29) is 41.9 Å². The molecule has 9 heteroatoms. The normalized spacial score (nSPS) is 18.1. The van der Waals surface area contributed by atoms with Crippen molar-refractivity contribution in [2.45, 2.75) is 43.4 Å². The zero-order valence-corrected chi connectivity index (χ0v) is 18.3. The highest BCUT2D eigenvalue weighted by molar-refractivity contribution is 7.99. The first kappa shape index (κ1) is 20.7. The highest BCUT2D eigenvalue weighted by atomic mass is 32.2. The molecule has 1 saturated carbocycles. The summed E-state index contributed by atoms with van der Waals surface area (Å²) in [5.41, 5.74) is 1.72. The van der Waals surface area contributed by atoms with Gasteiger partial charge in [0.05, 0.1) is 22.7 Å². The zero-order valence-electron chi connectivity index (χ0n) is 17.5. The monoisotopic (exact) mass is 451 g/mol. The topological polar surface area (TPSA) is 80.1 Å². The Kier molecular flexibility index (Phi) is 5.42. The predicted octanol–water partition coefficient (Wildman–Crippen LogP) is 4.28. The fourth-order valence-corrected chi connectivity index (χ4v) is 4.89. The fourth-order valence-electron chi connectivity index (χ4n) is 4.03. The number of benzene rings is 2. The Morgan fingerprint density at radius 3 is 2.69 bits per heavy atom. The number of thioether (sulfide) groups is 1. The summed E-state index contributed by atoms with van der Waals surface area (Å²) in [5.74, 6) is 0.0419. The molecule has 3 aromatic rings. The van der Waals surface area contributed by atoms with Gasteiger partial charge < -0.3 is 10.2 Å². The van der Waals surface area contributed by atoms with Crippen molar-refractivity contribution in [1.82, 2.24) is 14.8 Å². The van der Waals surface area contributed by atoms with E-state index >= 15 is 0 Å². The standard InChI is InChI=1S/C23H22FN5O2S/c1-14-12-20(30)25-18-8-4-5-9-19(18)28(14)21(31)13-32-23-27-26-22(29(23)15-10-11-15)16-6-2-3-7-17(16)24/h2-9,14-15H,10-13H2,1H3,(H,25,30)/t14-/m1/s1. The average molecular weight is 452 g/mol. The Morgan fingerprint density at radius 1 is 1.16 bits per heavy atom. The van der Waals surface area contributed by atoms with Gasteiger partial charge in [-0.15, -0.1) is 10.2 Å². The molecule has 2 aliphatic rings. The molecular weight excluding hydrogens is 429 g/mol. The van der Waals surface area contributed by atoms with E-state index in [0.717, 1.165) is 12.8 Å². The fraction of sp³-hybridized carbons (Fsp3) is 0.304. The molecule has 32 heavy (non-hydrogen) atoms. The quantitative estimate of drug-likeness (QED) is 0.586. The van der Waals surface area contributed by atoms with Crippen molar-refractivity contribution in [2.75, 3.05) is 16.0 Å². The summed E-state index contributed by atoms with van der Waals surface area (Å²) < 4.78 is 16.3. The van der Waals surface area contributed by atoms with Crippen LogP contribution >= 0.6 is 11.8 Å². The Morgan fingerprint density at radius 2 is 1.91 bits per heavy atom.